The Kier molecular flexibility index (Phi) is 3.14. The van der Waals surface area contributed by atoms with Crippen LogP contribution in [0.2, 0.25) is 0 Å². The van der Waals surface area contributed by atoms with Crippen LogP contribution in [0.15, 0.2) is 28.7 Å². The van der Waals surface area contributed by atoms with Crippen molar-refractivity contribution in [1.82, 2.24) is 0 Å². The molecule has 0 aromatic heterocycles. The van der Waals surface area contributed by atoms with E-state index in [9.17, 15) is 0 Å². The second-order valence-corrected chi connectivity index (χ2v) is 5.30. The summed E-state index contributed by atoms with van der Waals surface area (Å²) in [6.45, 7) is 0.766. The van der Waals surface area contributed by atoms with Gasteiger partial charge in [-0.25, -0.2) is 0 Å². The third-order valence-corrected chi connectivity index (χ3v) is 3.71. The van der Waals surface area contributed by atoms with Crippen LogP contribution in [-0.2, 0) is 10.2 Å². The van der Waals surface area contributed by atoms with Gasteiger partial charge in [0.25, 0.3) is 0 Å². The third kappa shape index (κ3) is 2.10. The molecule has 0 unspecified atom stereocenters. The van der Waals surface area contributed by atoms with Crippen LogP contribution in [0.5, 0.6) is 0 Å². The van der Waals surface area contributed by atoms with Crippen molar-refractivity contribution < 1.29 is 4.74 Å². The highest BCUT2D eigenvalue weighted by molar-refractivity contribution is 9.10. The summed E-state index contributed by atoms with van der Waals surface area (Å²) >= 11 is 3.45. The van der Waals surface area contributed by atoms with E-state index in [4.69, 9.17) is 10.5 Å². The molecule has 0 radical (unpaired) electrons. The second-order valence-electron chi connectivity index (χ2n) is 4.39. The molecule has 15 heavy (non-hydrogen) atoms. The molecule has 1 aliphatic rings. The molecule has 0 atom stereocenters. The highest BCUT2D eigenvalue weighted by Gasteiger charge is 2.43. The Hall–Kier alpha value is -0.380. The lowest BCUT2D eigenvalue weighted by Gasteiger charge is -2.46. The highest BCUT2D eigenvalue weighted by atomic mass is 79.9. The van der Waals surface area contributed by atoms with Crippen LogP contribution in [0.4, 0.5) is 0 Å². The number of methoxy groups -OCH3 is 1. The van der Waals surface area contributed by atoms with Gasteiger partial charge in [-0.1, -0.05) is 28.1 Å². The van der Waals surface area contributed by atoms with Crippen LogP contribution in [0.1, 0.15) is 18.4 Å². The fourth-order valence-corrected chi connectivity index (χ4v) is 2.72. The molecule has 3 heteroatoms. The molecular weight excluding hydrogens is 254 g/mol. The molecule has 1 aromatic carbocycles. The van der Waals surface area contributed by atoms with Crippen molar-refractivity contribution in [1.29, 1.82) is 0 Å². The Balaban J connectivity index is 2.22. The molecule has 2 rings (SSSR count). The van der Waals surface area contributed by atoms with E-state index >= 15 is 0 Å². The Bertz CT molecular complexity index is 324. The summed E-state index contributed by atoms with van der Waals surface area (Å²) < 4.78 is 6.43. The summed E-state index contributed by atoms with van der Waals surface area (Å²) in [5.74, 6) is 0. The molecule has 2 nitrogen and oxygen atoms in total. The van der Waals surface area contributed by atoms with Gasteiger partial charge in [-0.3, -0.25) is 0 Å². The molecule has 1 fully saturated rings. The molecule has 0 spiro atoms. The van der Waals surface area contributed by atoms with Gasteiger partial charge in [0.1, 0.15) is 0 Å². The molecule has 0 aliphatic heterocycles. The molecule has 0 heterocycles. The first-order valence-corrected chi connectivity index (χ1v) is 5.96. The van der Waals surface area contributed by atoms with Crippen molar-refractivity contribution in [3.8, 4) is 0 Å². The van der Waals surface area contributed by atoms with Gasteiger partial charge in [-0.2, -0.15) is 0 Å². The van der Waals surface area contributed by atoms with Crippen molar-refractivity contribution in [2.75, 3.05) is 13.7 Å². The summed E-state index contributed by atoms with van der Waals surface area (Å²) in [6, 6.07) is 8.82. The SMILES string of the molecule is COCC1(c2ccc(Br)cc2)CC(N)C1. The number of rotatable bonds is 3. The van der Waals surface area contributed by atoms with E-state index in [1.807, 2.05) is 0 Å². The lowest BCUT2D eigenvalue weighted by Crippen LogP contribution is -2.51. The molecule has 0 amide bonds. The minimum Gasteiger partial charge on any atom is -0.384 e. The maximum atomic E-state index is 5.89. The van der Waals surface area contributed by atoms with Crippen molar-refractivity contribution >= 4 is 15.9 Å². The van der Waals surface area contributed by atoms with Gasteiger partial charge >= 0.3 is 0 Å². The van der Waals surface area contributed by atoms with Gasteiger partial charge in [0.15, 0.2) is 0 Å². The van der Waals surface area contributed by atoms with Crippen LogP contribution in [0.3, 0.4) is 0 Å². The summed E-state index contributed by atoms with van der Waals surface area (Å²) in [6.07, 6.45) is 2.06. The number of hydrogen-bond acceptors (Lipinski definition) is 2. The molecule has 0 saturated heterocycles. The fourth-order valence-electron chi connectivity index (χ4n) is 2.46. The van der Waals surface area contributed by atoms with Crippen LogP contribution < -0.4 is 5.73 Å². The average molecular weight is 270 g/mol. The molecule has 0 bridgehead atoms. The lowest BCUT2D eigenvalue weighted by atomic mass is 9.62. The smallest absolute Gasteiger partial charge is 0.0560 e. The van der Waals surface area contributed by atoms with Crippen molar-refractivity contribution in [3.63, 3.8) is 0 Å². The molecule has 1 aliphatic carbocycles. The summed E-state index contributed by atoms with van der Waals surface area (Å²) in [5, 5.41) is 0. The van der Waals surface area contributed by atoms with Gasteiger partial charge in [-0.05, 0) is 30.5 Å². The summed E-state index contributed by atoms with van der Waals surface area (Å²) in [7, 11) is 1.75. The van der Waals surface area contributed by atoms with E-state index in [0.717, 1.165) is 23.9 Å². The van der Waals surface area contributed by atoms with Crippen molar-refractivity contribution in [2.24, 2.45) is 5.73 Å². The zero-order valence-corrected chi connectivity index (χ0v) is 10.5. The monoisotopic (exact) mass is 269 g/mol. The van der Waals surface area contributed by atoms with Crippen LogP contribution in [-0.4, -0.2) is 19.8 Å². The van der Waals surface area contributed by atoms with Crippen molar-refractivity contribution in [3.05, 3.63) is 34.3 Å². The van der Waals surface area contributed by atoms with Crippen LogP contribution in [0, 0.1) is 0 Å². The van der Waals surface area contributed by atoms with E-state index < -0.39 is 0 Å². The normalized spacial score (nSPS) is 29.9. The first-order valence-electron chi connectivity index (χ1n) is 5.17. The quantitative estimate of drug-likeness (QED) is 0.915. The minimum atomic E-state index is 0.162. The van der Waals surface area contributed by atoms with Gasteiger partial charge in [-0.15, -0.1) is 0 Å². The standard InChI is InChI=1S/C12H16BrNO/c1-15-8-12(6-11(14)7-12)9-2-4-10(13)5-3-9/h2-5,11H,6-8,14H2,1H3. The molecule has 82 valence electrons. The largest absolute Gasteiger partial charge is 0.384 e. The topological polar surface area (TPSA) is 35.2 Å². The summed E-state index contributed by atoms with van der Waals surface area (Å²) in [5.41, 5.74) is 7.39. The Morgan fingerprint density at radius 1 is 1.40 bits per heavy atom. The number of halogens is 1. The van der Waals surface area contributed by atoms with Crippen LogP contribution in [0.25, 0.3) is 0 Å². The Morgan fingerprint density at radius 2 is 2.00 bits per heavy atom. The van der Waals surface area contributed by atoms with Crippen LogP contribution >= 0.6 is 15.9 Å². The van der Waals surface area contributed by atoms with Gasteiger partial charge in [0.2, 0.25) is 0 Å². The van der Waals surface area contributed by atoms with E-state index in [2.05, 4.69) is 40.2 Å². The third-order valence-electron chi connectivity index (χ3n) is 3.18. The number of nitrogens with two attached hydrogens (primary N) is 1. The zero-order valence-electron chi connectivity index (χ0n) is 8.87. The van der Waals surface area contributed by atoms with Gasteiger partial charge < -0.3 is 10.5 Å². The van der Waals surface area contributed by atoms with Gasteiger partial charge in [0, 0.05) is 23.0 Å². The molecule has 1 saturated carbocycles. The lowest BCUT2D eigenvalue weighted by molar-refractivity contribution is 0.0662. The predicted octanol–water partition coefficient (Wildman–Crippen LogP) is 2.45. The van der Waals surface area contributed by atoms with E-state index in [0.29, 0.717) is 6.04 Å². The first-order chi connectivity index (χ1) is 7.16. The first kappa shape index (κ1) is 11.1. The van der Waals surface area contributed by atoms with E-state index in [-0.39, 0.29) is 5.41 Å². The minimum absolute atomic E-state index is 0.162. The second kappa shape index (κ2) is 4.24. The average Bonchev–Trinajstić information content (AvgIpc) is 2.16. The highest BCUT2D eigenvalue weighted by Crippen LogP contribution is 2.43. The summed E-state index contributed by atoms with van der Waals surface area (Å²) in [4.78, 5) is 0. The number of hydrogen-bond donors (Lipinski definition) is 1. The maximum Gasteiger partial charge on any atom is 0.0560 e. The predicted molar refractivity (Wildman–Crippen MR) is 64.9 cm³/mol. The van der Waals surface area contributed by atoms with Crippen molar-refractivity contribution in [2.45, 2.75) is 24.3 Å². The van der Waals surface area contributed by atoms with E-state index in [1.165, 1.54) is 5.56 Å². The Labute approximate surface area is 98.9 Å². The van der Waals surface area contributed by atoms with Gasteiger partial charge in [0.05, 0.1) is 6.61 Å². The fraction of sp³-hybridized carbons (Fsp3) is 0.500. The number of benzene rings is 1. The molecular formula is C12H16BrNO. The number of ether oxygens (including phenoxy) is 1. The van der Waals surface area contributed by atoms with E-state index in [1.54, 1.807) is 7.11 Å². The molecule has 2 N–H and O–H groups in total. The Morgan fingerprint density at radius 3 is 2.47 bits per heavy atom. The maximum absolute atomic E-state index is 5.89. The molecule has 1 aromatic rings. The zero-order chi connectivity index (χ0) is 10.9.